The molecule has 0 N–H and O–H groups in total. The van der Waals surface area contributed by atoms with Crippen molar-refractivity contribution in [3.8, 4) is 0 Å². The van der Waals surface area contributed by atoms with Crippen LogP contribution in [0.1, 0.15) is 18.4 Å². The third kappa shape index (κ3) is 2.83. The van der Waals surface area contributed by atoms with E-state index in [0.717, 1.165) is 28.3 Å². The summed E-state index contributed by atoms with van der Waals surface area (Å²) in [4.78, 5) is 2.35. The van der Waals surface area contributed by atoms with Gasteiger partial charge >= 0.3 is 0 Å². The molecule has 1 aromatic heterocycles. The van der Waals surface area contributed by atoms with Gasteiger partial charge in [-0.2, -0.15) is 0 Å². The lowest BCUT2D eigenvalue weighted by Gasteiger charge is -2.10. The maximum atomic E-state index is 4.35. The van der Waals surface area contributed by atoms with Crippen molar-refractivity contribution in [3.63, 3.8) is 0 Å². The summed E-state index contributed by atoms with van der Waals surface area (Å²) in [6.45, 7) is 2.26. The number of aromatic nitrogens is 2. The molecule has 5 heteroatoms. The van der Waals surface area contributed by atoms with Gasteiger partial charge in [-0.1, -0.05) is 65.6 Å². The molecule has 0 aliphatic carbocycles. The molecular weight excluding hydrogens is 310 g/mol. The number of hydrogen-bond donors (Lipinski definition) is 0. The van der Waals surface area contributed by atoms with E-state index in [0.29, 0.717) is 0 Å². The molecule has 3 nitrogen and oxygen atoms in total. The Morgan fingerprint density at radius 1 is 1.00 bits per heavy atom. The van der Waals surface area contributed by atoms with Gasteiger partial charge in [-0.15, -0.1) is 10.2 Å². The van der Waals surface area contributed by atoms with E-state index in [-0.39, 0.29) is 0 Å². The fourth-order valence-electron chi connectivity index (χ4n) is 2.85. The highest BCUT2D eigenvalue weighted by molar-refractivity contribution is 8.00. The molecule has 0 unspecified atom stereocenters. The topological polar surface area (TPSA) is 29.0 Å². The maximum absolute atomic E-state index is 4.35. The average molecular weight is 327 g/mol. The SMILES string of the molecule is c1ccc2c(CSc3nnc(N4CCCC4)s3)cccc2c1. The van der Waals surface area contributed by atoms with Crippen LogP contribution < -0.4 is 4.90 Å². The Balaban J connectivity index is 1.50. The predicted octanol–water partition coefficient (Wildman–Crippen LogP) is 4.58. The smallest absolute Gasteiger partial charge is 0.209 e. The molecule has 1 aliphatic rings. The van der Waals surface area contributed by atoms with Gasteiger partial charge in [-0.3, -0.25) is 0 Å². The molecule has 0 saturated carbocycles. The fraction of sp³-hybridized carbons (Fsp3) is 0.294. The van der Waals surface area contributed by atoms with Crippen LogP contribution in [0.15, 0.2) is 46.8 Å². The molecule has 112 valence electrons. The highest BCUT2D eigenvalue weighted by Crippen LogP contribution is 2.33. The Labute approximate surface area is 138 Å². The van der Waals surface area contributed by atoms with Crippen molar-refractivity contribution >= 4 is 39.0 Å². The molecule has 1 fully saturated rings. The van der Waals surface area contributed by atoms with Crippen LogP contribution in [-0.2, 0) is 5.75 Å². The molecule has 0 amide bonds. The molecule has 0 radical (unpaired) electrons. The quantitative estimate of drug-likeness (QED) is 0.656. The second kappa shape index (κ2) is 6.26. The van der Waals surface area contributed by atoms with Crippen LogP contribution in [0, 0.1) is 0 Å². The molecular formula is C17H17N3S2. The third-order valence-corrected chi connectivity index (χ3v) is 6.17. The molecule has 1 aliphatic heterocycles. The second-order valence-corrected chi connectivity index (χ2v) is 7.65. The lowest BCUT2D eigenvalue weighted by molar-refractivity contribution is 0.913. The van der Waals surface area contributed by atoms with Crippen LogP contribution in [0.3, 0.4) is 0 Å². The summed E-state index contributed by atoms with van der Waals surface area (Å²) in [5.74, 6) is 0.940. The van der Waals surface area contributed by atoms with Crippen molar-refractivity contribution in [2.45, 2.75) is 22.9 Å². The molecule has 22 heavy (non-hydrogen) atoms. The Bertz CT molecular complexity index is 773. The average Bonchev–Trinajstić information content (AvgIpc) is 3.24. The summed E-state index contributed by atoms with van der Waals surface area (Å²) in [6.07, 6.45) is 2.55. The first-order valence-electron chi connectivity index (χ1n) is 7.58. The van der Waals surface area contributed by atoms with Gasteiger partial charge in [0.1, 0.15) is 0 Å². The van der Waals surface area contributed by atoms with Crippen molar-refractivity contribution in [1.29, 1.82) is 0 Å². The number of fused-ring (bicyclic) bond motifs is 1. The monoisotopic (exact) mass is 327 g/mol. The van der Waals surface area contributed by atoms with Crippen LogP contribution in [0.5, 0.6) is 0 Å². The molecule has 0 bridgehead atoms. The molecule has 4 rings (SSSR count). The predicted molar refractivity (Wildman–Crippen MR) is 94.9 cm³/mol. The normalized spacial score (nSPS) is 14.8. The Morgan fingerprint density at radius 2 is 1.82 bits per heavy atom. The van der Waals surface area contributed by atoms with Gasteiger partial charge in [0.05, 0.1) is 0 Å². The summed E-state index contributed by atoms with van der Waals surface area (Å²) in [7, 11) is 0. The molecule has 3 aromatic rings. The first kappa shape index (κ1) is 14.0. The number of nitrogens with zero attached hydrogens (tertiary/aromatic N) is 3. The summed E-state index contributed by atoms with van der Waals surface area (Å²) in [6, 6.07) is 15.1. The van der Waals surface area contributed by atoms with Gasteiger partial charge in [0.25, 0.3) is 0 Å². The largest absolute Gasteiger partial charge is 0.347 e. The number of anilines is 1. The van der Waals surface area contributed by atoms with E-state index in [1.165, 1.54) is 29.2 Å². The Kier molecular flexibility index (Phi) is 3.99. The Morgan fingerprint density at radius 3 is 2.73 bits per heavy atom. The van der Waals surface area contributed by atoms with Crippen LogP contribution in [0.25, 0.3) is 10.8 Å². The number of hydrogen-bond acceptors (Lipinski definition) is 5. The lowest BCUT2D eigenvalue weighted by atomic mass is 10.1. The second-order valence-electron chi connectivity index (χ2n) is 5.47. The molecule has 0 atom stereocenters. The lowest BCUT2D eigenvalue weighted by Crippen LogP contribution is -2.17. The van der Waals surface area contributed by atoms with Crippen LogP contribution in [-0.4, -0.2) is 23.3 Å². The molecule has 1 saturated heterocycles. The summed E-state index contributed by atoms with van der Waals surface area (Å²) in [5.41, 5.74) is 1.36. The third-order valence-electron chi connectivity index (χ3n) is 4.00. The van der Waals surface area contributed by atoms with Crippen molar-refractivity contribution in [2.75, 3.05) is 18.0 Å². The van der Waals surface area contributed by atoms with Crippen molar-refractivity contribution in [3.05, 3.63) is 48.0 Å². The minimum Gasteiger partial charge on any atom is -0.347 e. The van der Waals surface area contributed by atoms with E-state index in [9.17, 15) is 0 Å². The van der Waals surface area contributed by atoms with Gasteiger partial charge in [-0.05, 0) is 29.2 Å². The number of thioether (sulfide) groups is 1. The first-order chi connectivity index (χ1) is 10.9. The van der Waals surface area contributed by atoms with E-state index < -0.39 is 0 Å². The zero-order chi connectivity index (χ0) is 14.8. The molecule has 2 aromatic carbocycles. The minimum absolute atomic E-state index is 0.940. The van der Waals surface area contributed by atoms with Crippen molar-refractivity contribution < 1.29 is 0 Å². The minimum atomic E-state index is 0.940. The van der Waals surface area contributed by atoms with Gasteiger partial charge < -0.3 is 4.90 Å². The van der Waals surface area contributed by atoms with E-state index >= 15 is 0 Å². The van der Waals surface area contributed by atoms with Crippen LogP contribution in [0.2, 0.25) is 0 Å². The van der Waals surface area contributed by atoms with Gasteiger partial charge in [0, 0.05) is 18.8 Å². The fourth-order valence-corrected chi connectivity index (χ4v) is 4.75. The van der Waals surface area contributed by atoms with Gasteiger partial charge in [0.2, 0.25) is 5.13 Å². The van der Waals surface area contributed by atoms with E-state index in [1.54, 1.807) is 23.1 Å². The molecule has 2 heterocycles. The van der Waals surface area contributed by atoms with Crippen molar-refractivity contribution in [2.24, 2.45) is 0 Å². The van der Waals surface area contributed by atoms with Gasteiger partial charge in [0.15, 0.2) is 4.34 Å². The standard InChI is InChI=1S/C17H17N3S2/c1-2-9-15-13(6-1)7-5-8-14(15)12-21-17-19-18-16(22-17)20-10-3-4-11-20/h1-2,5-9H,3-4,10-12H2. The van der Waals surface area contributed by atoms with Gasteiger partial charge in [-0.25, -0.2) is 0 Å². The van der Waals surface area contributed by atoms with E-state index in [4.69, 9.17) is 0 Å². The molecule has 0 spiro atoms. The summed E-state index contributed by atoms with van der Waals surface area (Å²) >= 11 is 3.51. The van der Waals surface area contributed by atoms with Crippen molar-refractivity contribution in [1.82, 2.24) is 10.2 Å². The maximum Gasteiger partial charge on any atom is 0.209 e. The Hall–Kier alpha value is -1.59. The number of benzene rings is 2. The van der Waals surface area contributed by atoms with Crippen LogP contribution in [0.4, 0.5) is 5.13 Å². The first-order valence-corrected chi connectivity index (χ1v) is 9.38. The zero-order valence-corrected chi connectivity index (χ0v) is 13.9. The highest BCUT2D eigenvalue weighted by Gasteiger charge is 2.16. The summed E-state index contributed by atoms with van der Waals surface area (Å²) < 4.78 is 1.06. The van der Waals surface area contributed by atoms with Crippen LogP contribution >= 0.6 is 23.1 Å². The van der Waals surface area contributed by atoms with E-state index in [2.05, 4.69) is 57.6 Å². The highest BCUT2D eigenvalue weighted by atomic mass is 32.2. The van der Waals surface area contributed by atoms with E-state index in [1.807, 2.05) is 0 Å². The zero-order valence-electron chi connectivity index (χ0n) is 12.2. The number of rotatable bonds is 4. The summed E-state index contributed by atoms with van der Waals surface area (Å²) in [5, 5.41) is 12.4.